The van der Waals surface area contributed by atoms with Crippen LogP contribution in [0.5, 0.6) is 0 Å². The van der Waals surface area contributed by atoms with Gasteiger partial charge in [-0.25, -0.2) is 4.98 Å². The maximum absolute atomic E-state index is 11.5. The van der Waals surface area contributed by atoms with Gasteiger partial charge in [0.15, 0.2) is 11.2 Å². The molecule has 0 saturated carbocycles. The second-order valence-electron chi connectivity index (χ2n) is 3.54. The number of hydrogen-bond donors (Lipinski definition) is 5. The molecule has 0 amide bonds. The summed E-state index contributed by atoms with van der Waals surface area (Å²) in [6, 6.07) is 0. The standard InChI is InChI=1S/C9H13N5O4/c15-1-5(16)2-18-4-12-9-13-7-6(8(17)14-9)10-3-11-7/h3,5,15-16H,1-2,4H2,(H3,10,11,12,13,14,17). The van der Waals surface area contributed by atoms with Crippen molar-refractivity contribution < 1.29 is 14.9 Å². The number of imidazole rings is 1. The molecule has 0 fully saturated rings. The van der Waals surface area contributed by atoms with Gasteiger partial charge >= 0.3 is 0 Å². The van der Waals surface area contributed by atoms with Crippen LogP contribution in [0.1, 0.15) is 0 Å². The molecular formula is C9H13N5O4. The normalized spacial score (nSPS) is 12.8. The van der Waals surface area contributed by atoms with E-state index >= 15 is 0 Å². The first-order chi connectivity index (χ1) is 8.70. The summed E-state index contributed by atoms with van der Waals surface area (Å²) in [5.41, 5.74) is 0.268. The third kappa shape index (κ3) is 2.83. The third-order valence-corrected chi connectivity index (χ3v) is 2.16. The molecule has 0 radical (unpaired) electrons. The van der Waals surface area contributed by atoms with Crippen molar-refractivity contribution in [3.63, 3.8) is 0 Å². The number of aliphatic hydroxyl groups is 2. The molecule has 0 aromatic carbocycles. The van der Waals surface area contributed by atoms with Crippen molar-refractivity contribution in [3.8, 4) is 0 Å². The van der Waals surface area contributed by atoms with E-state index in [9.17, 15) is 4.79 Å². The van der Waals surface area contributed by atoms with Crippen molar-refractivity contribution in [3.05, 3.63) is 16.7 Å². The van der Waals surface area contributed by atoms with E-state index in [0.29, 0.717) is 11.2 Å². The average Bonchev–Trinajstić information content (AvgIpc) is 2.83. The molecule has 1 atom stereocenters. The van der Waals surface area contributed by atoms with Crippen molar-refractivity contribution >= 4 is 17.1 Å². The molecule has 18 heavy (non-hydrogen) atoms. The van der Waals surface area contributed by atoms with E-state index in [0.717, 1.165) is 0 Å². The molecule has 9 heteroatoms. The summed E-state index contributed by atoms with van der Waals surface area (Å²) in [6.07, 6.45) is 0.456. The lowest BCUT2D eigenvalue weighted by molar-refractivity contribution is 0.0118. The SMILES string of the molecule is O=c1[nH]c(NCOCC(O)CO)nc2nc[nH]c12. The molecule has 0 aliphatic heterocycles. The number of fused-ring (bicyclic) bond motifs is 1. The van der Waals surface area contributed by atoms with Crippen molar-refractivity contribution in [1.82, 2.24) is 19.9 Å². The monoisotopic (exact) mass is 255 g/mol. The van der Waals surface area contributed by atoms with Crippen molar-refractivity contribution in [1.29, 1.82) is 0 Å². The lowest BCUT2D eigenvalue weighted by atomic mass is 10.4. The van der Waals surface area contributed by atoms with E-state index in [2.05, 4.69) is 25.3 Å². The summed E-state index contributed by atoms with van der Waals surface area (Å²) < 4.78 is 5.01. The van der Waals surface area contributed by atoms with Gasteiger partial charge in [0, 0.05) is 0 Å². The van der Waals surface area contributed by atoms with Crippen LogP contribution in [0.4, 0.5) is 5.95 Å². The van der Waals surface area contributed by atoms with Gasteiger partial charge in [-0.05, 0) is 0 Å². The van der Waals surface area contributed by atoms with E-state index < -0.39 is 6.10 Å². The van der Waals surface area contributed by atoms with E-state index in [1.165, 1.54) is 6.33 Å². The molecule has 5 N–H and O–H groups in total. The van der Waals surface area contributed by atoms with Crippen LogP contribution < -0.4 is 10.9 Å². The molecule has 1 unspecified atom stereocenters. The van der Waals surface area contributed by atoms with Gasteiger partial charge in [-0.15, -0.1) is 0 Å². The Morgan fingerprint density at radius 1 is 1.56 bits per heavy atom. The number of rotatable bonds is 6. The Morgan fingerprint density at radius 3 is 3.17 bits per heavy atom. The summed E-state index contributed by atoms with van der Waals surface area (Å²) in [7, 11) is 0. The highest BCUT2D eigenvalue weighted by molar-refractivity contribution is 5.69. The number of aliphatic hydroxyl groups excluding tert-OH is 2. The quantitative estimate of drug-likeness (QED) is 0.309. The van der Waals surface area contributed by atoms with Crippen LogP contribution in [0.15, 0.2) is 11.1 Å². The third-order valence-electron chi connectivity index (χ3n) is 2.16. The minimum atomic E-state index is -0.923. The summed E-state index contributed by atoms with van der Waals surface area (Å²) in [5.74, 6) is 0.220. The number of hydrogen-bond acceptors (Lipinski definition) is 7. The summed E-state index contributed by atoms with van der Waals surface area (Å²) in [4.78, 5) is 24.6. The van der Waals surface area contributed by atoms with Crippen molar-refractivity contribution in [2.75, 3.05) is 25.3 Å². The van der Waals surface area contributed by atoms with Gasteiger partial charge in [0.1, 0.15) is 12.8 Å². The van der Waals surface area contributed by atoms with E-state index in [-0.39, 0.29) is 31.5 Å². The zero-order valence-corrected chi connectivity index (χ0v) is 9.38. The molecular weight excluding hydrogens is 242 g/mol. The van der Waals surface area contributed by atoms with Crippen LogP contribution in [0.2, 0.25) is 0 Å². The fraction of sp³-hybridized carbons (Fsp3) is 0.444. The number of ether oxygens (including phenoxy) is 1. The Balaban J connectivity index is 1.93. The fourth-order valence-electron chi connectivity index (χ4n) is 1.29. The van der Waals surface area contributed by atoms with Gasteiger partial charge in [0.2, 0.25) is 5.95 Å². The van der Waals surface area contributed by atoms with Crippen LogP contribution in [-0.4, -0.2) is 56.2 Å². The van der Waals surface area contributed by atoms with Crippen LogP contribution >= 0.6 is 0 Å². The molecule has 2 aromatic heterocycles. The Bertz CT molecular complexity index is 565. The molecule has 2 aromatic rings. The number of anilines is 1. The highest BCUT2D eigenvalue weighted by Gasteiger charge is 2.05. The van der Waals surface area contributed by atoms with Crippen LogP contribution in [-0.2, 0) is 4.74 Å². The van der Waals surface area contributed by atoms with E-state index in [1.807, 2.05) is 0 Å². The maximum atomic E-state index is 11.5. The van der Waals surface area contributed by atoms with E-state index in [4.69, 9.17) is 14.9 Å². The lowest BCUT2D eigenvalue weighted by Gasteiger charge is -2.09. The van der Waals surface area contributed by atoms with Gasteiger partial charge in [-0.2, -0.15) is 4.98 Å². The number of aromatic nitrogens is 4. The largest absolute Gasteiger partial charge is 0.394 e. The molecule has 2 rings (SSSR count). The van der Waals surface area contributed by atoms with Gasteiger partial charge in [0.05, 0.1) is 19.5 Å². The summed E-state index contributed by atoms with van der Waals surface area (Å²) in [6.45, 7) is -0.345. The van der Waals surface area contributed by atoms with Gasteiger partial charge < -0.3 is 25.3 Å². The smallest absolute Gasteiger partial charge is 0.278 e. The highest BCUT2D eigenvalue weighted by Crippen LogP contribution is 2.02. The Hall–Kier alpha value is -1.97. The van der Waals surface area contributed by atoms with Crippen LogP contribution in [0.25, 0.3) is 11.2 Å². The number of nitrogens with one attached hydrogen (secondary N) is 3. The zero-order chi connectivity index (χ0) is 13.0. The molecule has 98 valence electrons. The molecule has 0 aliphatic rings. The first-order valence-electron chi connectivity index (χ1n) is 5.24. The second kappa shape index (κ2) is 5.58. The predicted octanol–water partition coefficient (Wildman–Crippen LogP) is -1.61. The zero-order valence-electron chi connectivity index (χ0n) is 9.38. The molecule has 0 spiro atoms. The van der Waals surface area contributed by atoms with Crippen molar-refractivity contribution in [2.24, 2.45) is 0 Å². The number of H-pyrrole nitrogens is 2. The first kappa shape index (κ1) is 12.5. The van der Waals surface area contributed by atoms with Crippen LogP contribution in [0.3, 0.4) is 0 Å². The minimum absolute atomic E-state index is 0.0155. The Kier molecular flexibility index (Phi) is 3.87. The van der Waals surface area contributed by atoms with Gasteiger partial charge in [0.25, 0.3) is 5.56 Å². The predicted molar refractivity (Wildman–Crippen MR) is 62.0 cm³/mol. The lowest BCUT2D eigenvalue weighted by Crippen LogP contribution is -2.22. The van der Waals surface area contributed by atoms with Crippen LogP contribution in [0, 0.1) is 0 Å². The Morgan fingerprint density at radius 2 is 2.39 bits per heavy atom. The molecule has 2 heterocycles. The molecule has 0 saturated heterocycles. The molecule has 9 nitrogen and oxygen atoms in total. The molecule has 0 bridgehead atoms. The van der Waals surface area contributed by atoms with Crippen molar-refractivity contribution in [2.45, 2.75) is 6.10 Å². The minimum Gasteiger partial charge on any atom is -0.394 e. The summed E-state index contributed by atoms with van der Waals surface area (Å²) in [5, 5.41) is 20.3. The topological polar surface area (TPSA) is 136 Å². The van der Waals surface area contributed by atoms with Gasteiger partial charge in [-0.1, -0.05) is 0 Å². The number of aromatic amines is 2. The van der Waals surface area contributed by atoms with Gasteiger partial charge in [-0.3, -0.25) is 9.78 Å². The van der Waals surface area contributed by atoms with E-state index in [1.54, 1.807) is 0 Å². The fourth-order valence-corrected chi connectivity index (χ4v) is 1.29. The number of nitrogens with zero attached hydrogens (tertiary/aromatic N) is 2. The summed E-state index contributed by atoms with van der Waals surface area (Å²) >= 11 is 0. The Labute approximate surface area is 101 Å². The first-order valence-corrected chi connectivity index (χ1v) is 5.24. The maximum Gasteiger partial charge on any atom is 0.278 e. The second-order valence-corrected chi connectivity index (χ2v) is 3.54. The highest BCUT2D eigenvalue weighted by atomic mass is 16.5. The molecule has 0 aliphatic carbocycles. The average molecular weight is 255 g/mol.